The maximum absolute atomic E-state index is 13.8. The summed E-state index contributed by atoms with van der Waals surface area (Å²) in [4.78, 5) is 3.86. The van der Waals surface area contributed by atoms with Crippen LogP contribution in [-0.4, -0.2) is 11.0 Å². The highest BCUT2D eigenvalue weighted by atomic mass is 19.1. The summed E-state index contributed by atoms with van der Waals surface area (Å²) in [6.45, 7) is 6.74. The molecular formula is C15H20F2N2. The molecule has 1 N–H and O–H groups in total. The van der Waals surface area contributed by atoms with Crippen molar-refractivity contribution in [2.75, 3.05) is 5.32 Å². The molecule has 0 radical (unpaired) electrons. The SMILES string of the molecule is CC12CCC(C1)C(C)(C)C2Nc1ncc(F)cc1F. The Bertz CT molecular complexity index is 510. The highest BCUT2D eigenvalue weighted by Gasteiger charge is 2.59. The molecule has 3 atom stereocenters. The Kier molecular flexibility index (Phi) is 2.63. The Morgan fingerprint density at radius 1 is 1.32 bits per heavy atom. The van der Waals surface area contributed by atoms with Crippen LogP contribution in [0.2, 0.25) is 0 Å². The first-order valence-corrected chi connectivity index (χ1v) is 6.90. The van der Waals surface area contributed by atoms with E-state index in [9.17, 15) is 8.78 Å². The molecule has 2 saturated carbocycles. The first-order chi connectivity index (χ1) is 8.83. The summed E-state index contributed by atoms with van der Waals surface area (Å²) < 4.78 is 26.7. The van der Waals surface area contributed by atoms with Crippen molar-refractivity contribution in [1.29, 1.82) is 0 Å². The monoisotopic (exact) mass is 266 g/mol. The topological polar surface area (TPSA) is 24.9 Å². The van der Waals surface area contributed by atoms with E-state index < -0.39 is 11.6 Å². The van der Waals surface area contributed by atoms with Gasteiger partial charge in [-0.15, -0.1) is 0 Å². The van der Waals surface area contributed by atoms with Crippen molar-refractivity contribution in [3.63, 3.8) is 0 Å². The molecule has 104 valence electrons. The summed E-state index contributed by atoms with van der Waals surface area (Å²) >= 11 is 0. The molecule has 0 aromatic carbocycles. The second-order valence-electron chi connectivity index (χ2n) is 6.98. The standard InChI is InChI=1S/C15H20F2N2/c1-14(2)9-4-5-15(3,7-9)13(14)19-12-11(17)6-10(16)8-18-12/h6,8-9,13H,4-5,7H2,1-3H3,(H,18,19). The number of hydrogen-bond acceptors (Lipinski definition) is 2. The molecule has 3 unspecified atom stereocenters. The molecule has 2 aliphatic rings. The van der Waals surface area contributed by atoms with Gasteiger partial charge in [-0.25, -0.2) is 13.8 Å². The van der Waals surface area contributed by atoms with E-state index in [1.54, 1.807) is 0 Å². The molecule has 0 amide bonds. The van der Waals surface area contributed by atoms with Gasteiger partial charge in [0.25, 0.3) is 0 Å². The Hall–Kier alpha value is -1.19. The molecule has 2 aliphatic carbocycles. The van der Waals surface area contributed by atoms with Crippen LogP contribution >= 0.6 is 0 Å². The number of anilines is 1. The number of aromatic nitrogens is 1. The zero-order chi connectivity index (χ0) is 13.8. The van der Waals surface area contributed by atoms with E-state index in [-0.39, 0.29) is 22.7 Å². The molecule has 19 heavy (non-hydrogen) atoms. The minimum atomic E-state index is -0.638. The van der Waals surface area contributed by atoms with Gasteiger partial charge in [0.15, 0.2) is 11.6 Å². The number of pyridine rings is 1. The van der Waals surface area contributed by atoms with E-state index in [1.807, 2.05) is 0 Å². The summed E-state index contributed by atoms with van der Waals surface area (Å²) in [6.07, 6.45) is 4.66. The lowest BCUT2D eigenvalue weighted by Crippen LogP contribution is -2.46. The highest BCUT2D eigenvalue weighted by molar-refractivity contribution is 5.40. The van der Waals surface area contributed by atoms with Crippen LogP contribution in [0.1, 0.15) is 40.0 Å². The smallest absolute Gasteiger partial charge is 0.168 e. The van der Waals surface area contributed by atoms with Gasteiger partial charge < -0.3 is 5.32 Å². The first kappa shape index (κ1) is 12.8. The molecule has 0 saturated heterocycles. The zero-order valence-electron chi connectivity index (χ0n) is 11.6. The summed E-state index contributed by atoms with van der Waals surface area (Å²) in [7, 11) is 0. The predicted molar refractivity (Wildman–Crippen MR) is 70.8 cm³/mol. The van der Waals surface area contributed by atoms with Crippen LogP contribution < -0.4 is 5.32 Å². The van der Waals surface area contributed by atoms with Crippen molar-refractivity contribution in [2.24, 2.45) is 16.7 Å². The Labute approximate surface area is 112 Å². The Balaban J connectivity index is 1.90. The molecule has 1 aromatic rings. The fourth-order valence-electron chi connectivity index (χ4n) is 4.32. The van der Waals surface area contributed by atoms with Gasteiger partial charge in [0, 0.05) is 12.1 Å². The van der Waals surface area contributed by atoms with Crippen molar-refractivity contribution in [3.8, 4) is 0 Å². The molecule has 0 spiro atoms. The highest BCUT2D eigenvalue weighted by Crippen LogP contribution is 2.63. The number of nitrogens with one attached hydrogen (secondary N) is 1. The predicted octanol–water partition coefficient (Wildman–Crippen LogP) is 3.99. The van der Waals surface area contributed by atoms with Gasteiger partial charge in [0.05, 0.1) is 6.20 Å². The van der Waals surface area contributed by atoms with E-state index >= 15 is 0 Å². The van der Waals surface area contributed by atoms with Gasteiger partial charge in [-0.3, -0.25) is 0 Å². The third-order valence-corrected chi connectivity index (χ3v) is 5.36. The average molecular weight is 266 g/mol. The third-order valence-electron chi connectivity index (χ3n) is 5.36. The van der Waals surface area contributed by atoms with Gasteiger partial charge in [0.2, 0.25) is 0 Å². The molecule has 2 bridgehead atoms. The Morgan fingerprint density at radius 3 is 2.63 bits per heavy atom. The van der Waals surface area contributed by atoms with Crippen LogP contribution in [0, 0.1) is 28.4 Å². The third kappa shape index (κ3) is 1.84. The van der Waals surface area contributed by atoms with Crippen LogP contribution in [-0.2, 0) is 0 Å². The van der Waals surface area contributed by atoms with E-state index in [4.69, 9.17) is 0 Å². The zero-order valence-corrected chi connectivity index (χ0v) is 11.6. The number of nitrogens with zero attached hydrogens (tertiary/aromatic N) is 1. The largest absolute Gasteiger partial charge is 0.364 e. The van der Waals surface area contributed by atoms with Crippen molar-refractivity contribution in [2.45, 2.75) is 46.1 Å². The minimum absolute atomic E-state index is 0.121. The van der Waals surface area contributed by atoms with Crippen molar-refractivity contribution in [1.82, 2.24) is 4.98 Å². The molecule has 2 fully saturated rings. The summed E-state index contributed by atoms with van der Waals surface area (Å²) in [6, 6.07) is 1.07. The number of fused-ring (bicyclic) bond motifs is 2. The second kappa shape index (κ2) is 3.90. The summed E-state index contributed by atoms with van der Waals surface area (Å²) in [5.41, 5.74) is 0.312. The molecule has 1 aromatic heterocycles. The minimum Gasteiger partial charge on any atom is -0.364 e. The lowest BCUT2D eigenvalue weighted by molar-refractivity contribution is 0.155. The van der Waals surface area contributed by atoms with Crippen molar-refractivity contribution < 1.29 is 8.78 Å². The van der Waals surface area contributed by atoms with Crippen LogP contribution in [0.5, 0.6) is 0 Å². The maximum atomic E-state index is 13.8. The quantitative estimate of drug-likeness (QED) is 0.875. The molecular weight excluding hydrogens is 246 g/mol. The molecule has 0 aliphatic heterocycles. The van der Waals surface area contributed by atoms with Gasteiger partial charge in [-0.2, -0.15) is 0 Å². The van der Waals surface area contributed by atoms with Gasteiger partial charge >= 0.3 is 0 Å². The molecule has 4 heteroatoms. The fourth-order valence-corrected chi connectivity index (χ4v) is 4.32. The van der Waals surface area contributed by atoms with E-state index in [0.717, 1.165) is 12.3 Å². The normalized spacial score (nSPS) is 35.6. The van der Waals surface area contributed by atoms with E-state index in [1.165, 1.54) is 19.3 Å². The maximum Gasteiger partial charge on any atom is 0.168 e. The summed E-state index contributed by atoms with van der Waals surface area (Å²) in [5, 5.41) is 3.25. The fraction of sp³-hybridized carbons (Fsp3) is 0.667. The molecule has 1 heterocycles. The lowest BCUT2D eigenvalue weighted by atomic mass is 9.68. The Morgan fingerprint density at radius 2 is 2.05 bits per heavy atom. The number of rotatable bonds is 2. The summed E-state index contributed by atoms with van der Waals surface area (Å²) in [5.74, 6) is -0.393. The number of halogens is 2. The van der Waals surface area contributed by atoms with Gasteiger partial charge in [0.1, 0.15) is 5.82 Å². The van der Waals surface area contributed by atoms with E-state index in [0.29, 0.717) is 5.92 Å². The lowest BCUT2D eigenvalue weighted by Gasteiger charge is -2.43. The number of hydrogen-bond donors (Lipinski definition) is 1. The average Bonchev–Trinajstić information content (AvgIpc) is 2.78. The van der Waals surface area contributed by atoms with Crippen molar-refractivity contribution >= 4 is 5.82 Å². The second-order valence-corrected chi connectivity index (χ2v) is 6.98. The van der Waals surface area contributed by atoms with Crippen LogP contribution in [0.25, 0.3) is 0 Å². The van der Waals surface area contributed by atoms with Crippen molar-refractivity contribution in [3.05, 3.63) is 23.9 Å². The molecule has 2 nitrogen and oxygen atoms in total. The van der Waals surface area contributed by atoms with Crippen LogP contribution in [0.4, 0.5) is 14.6 Å². The molecule has 3 rings (SSSR count). The van der Waals surface area contributed by atoms with Crippen LogP contribution in [0.15, 0.2) is 12.3 Å². The van der Waals surface area contributed by atoms with Gasteiger partial charge in [-0.05, 0) is 36.0 Å². The van der Waals surface area contributed by atoms with Gasteiger partial charge in [-0.1, -0.05) is 20.8 Å². The van der Waals surface area contributed by atoms with Crippen LogP contribution in [0.3, 0.4) is 0 Å². The van der Waals surface area contributed by atoms with E-state index in [2.05, 4.69) is 31.1 Å². The first-order valence-electron chi connectivity index (χ1n) is 6.90.